The van der Waals surface area contributed by atoms with Gasteiger partial charge in [-0.2, -0.15) is 0 Å². The highest BCUT2D eigenvalue weighted by atomic mass is 16.6. The largest absolute Gasteiger partial charge is 0.545 e. The summed E-state index contributed by atoms with van der Waals surface area (Å²) in [5.74, 6) is -3.41. The predicted octanol–water partition coefficient (Wildman–Crippen LogP) is -1.24. The number of carboxylic acids is 2. The number of aromatic carboxylic acids is 2. The van der Waals surface area contributed by atoms with Crippen molar-refractivity contribution in [3.8, 4) is 0 Å². The standard InChI is InChI=1S/2C7H4N2O6.C6H16N2/c2*10-7(11)4-1-5(8(12)13)3-6(2-4)9(14)15;7-5-3-1-2-4-6-8/h2*1-3H,(H,10,11);1-8H2. The molecule has 2 aromatic carbocycles. The highest BCUT2D eigenvalue weighted by Gasteiger charge is 2.17. The van der Waals surface area contributed by atoms with Gasteiger partial charge in [-0.05, 0) is 25.7 Å². The Kier molecular flexibility index (Phi) is 14.3. The monoisotopic (exact) mass is 540 g/mol. The summed E-state index contributed by atoms with van der Waals surface area (Å²) in [6.07, 6.45) is 5.28. The lowest BCUT2D eigenvalue weighted by atomic mass is 10.2. The minimum atomic E-state index is -1.71. The van der Waals surface area contributed by atoms with Crippen LogP contribution in [0.3, 0.4) is 0 Å². The van der Waals surface area contributed by atoms with Crippen molar-refractivity contribution in [1.29, 1.82) is 0 Å². The van der Waals surface area contributed by atoms with Gasteiger partial charge in [-0.1, -0.05) is 0 Å². The van der Waals surface area contributed by atoms with E-state index < -0.39 is 65.5 Å². The Morgan fingerprint density at radius 3 is 0.921 bits per heavy atom. The zero-order valence-corrected chi connectivity index (χ0v) is 19.8. The van der Waals surface area contributed by atoms with E-state index in [1.54, 1.807) is 0 Å². The zero-order chi connectivity index (χ0) is 29.4. The molecule has 38 heavy (non-hydrogen) atoms. The van der Waals surface area contributed by atoms with Gasteiger partial charge in [0.1, 0.15) is 0 Å². The lowest BCUT2D eigenvalue weighted by Crippen LogP contribution is -2.50. The maximum atomic E-state index is 10.4. The van der Waals surface area contributed by atoms with E-state index in [-0.39, 0.29) is 0 Å². The van der Waals surface area contributed by atoms with Crippen LogP contribution in [0.1, 0.15) is 46.4 Å². The molecule has 0 saturated heterocycles. The van der Waals surface area contributed by atoms with Gasteiger partial charge in [0.2, 0.25) is 0 Å². The summed E-state index contributed by atoms with van der Waals surface area (Å²) < 4.78 is 0. The fraction of sp³-hybridized carbons (Fsp3) is 0.300. The number of nitrogens with zero attached hydrogens (tertiary/aromatic N) is 4. The first kappa shape index (κ1) is 32.9. The number of unbranched alkanes of at least 4 members (excludes halogenated alkanes) is 3. The SMILES string of the molecule is O=C([O-])c1cc([N+](=O)[O-])cc([N+](=O)[O-])c1.O=C([O-])c1cc([N+](=O)[O-])cc([N+](=O)[O-])c1.[NH3+]CCCCCC[NH3+]. The zero-order valence-electron chi connectivity index (χ0n) is 19.8. The van der Waals surface area contributed by atoms with Gasteiger partial charge in [0.25, 0.3) is 22.7 Å². The molecule has 6 N–H and O–H groups in total. The van der Waals surface area contributed by atoms with Crippen molar-refractivity contribution in [2.24, 2.45) is 0 Å². The van der Waals surface area contributed by atoms with Crippen LogP contribution in [-0.4, -0.2) is 44.7 Å². The minimum Gasteiger partial charge on any atom is -0.545 e. The molecular weight excluding hydrogens is 516 g/mol. The van der Waals surface area contributed by atoms with Crippen LogP contribution in [0, 0.1) is 40.5 Å². The van der Waals surface area contributed by atoms with Crippen LogP contribution < -0.4 is 21.7 Å². The molecule has 0 aliphatic carbocycles. The average Bonchev–Trinajstić information content (AvgIpc) is 2.86. The Labute approximate surface area is 213 Å². The van der Waals surface area contributed by atoms with Crippen molar-refractivity contribution in [1.82, 2.24) is 0 Å². The Morgan fingerprint density at radius 2 is 0.763 bits per heavy atom. The maximum absolute atomic E-state index is 10.4. The molecule has 0 saturated carbocycles. The number of hydrogen-bond acceptors (Lipinski definition) is 12. The molecule has 0 atom stereocenters. The molecule has 0 aliphatic heterocycles. The summed E-state index contributed by atoms with van der Waals surface area (Å²) in [6.45, 7) is 2.19. The first-order valence-corrected chi connectivity index (χ1v) is 10.6. The second kappa shape index (κ2) is 16.5. The average molecular weight is 540 g/mol. The van der Waals surface area contributed by atoms with Gasteiger partial charge in [-0.25, -0.2) is 0 Å². The molecule has 18 heteroatoms. The van der Waals surface area contributed by atoms with Crippen molar-refractivity contribution in [2.75, 3.05) is 13.1 Å². The van der Waals surface area contributed by atoms with Gasteiger partial charge in [-0.15, -0.1) is 0 Å². The molecule has 18 nitrogen and oxygen atoms in total. The number of quaternary nitrogens is 2. The third-order valence-corrected chi connectivity index (χ3v) is 4.37. The van der Waals surface area contributed by atoms with Crippen molar-refractivity contribution in [2.45, 2.75) is 25.7 Å². The summed E-state index contributed by atoms with van der Waals surface area (Å²) >= 11 is 0. The number of carboxylic acid groups (broad SMARTS) is 2. The number of carbonyl (C=O) groups is 2. The van der Waals surface area contributed by atoms with Gasteiger partial charge < -0.3 is 31.3 Å². The number of rotatable bonds is 11. The van der Waals surface area contributed by atoms with Crippen LogP contribution in [0.15, 0.2) is 36.4 Å². The molecule has 0 bridgehead atoms. The quantitative estimate of drug-likeness (QED) is 0.192. The van der Waals surface area contributed by atoms with Crippen LogP contribution in [-0.2, 0) is 0 Å². The third-order valence-electron chi connectivity index (χ3n) is 4.37. The lowest BCUT2D eigenvalue weighted by molar-refractivity contribution is -0.394. The van der Waals surface area contributed by atoms with Crippen LogP contribution in [0.25, 0.3) is 0 Å². The number of non-ortho nitro benzene ring substituents is 4. The summed E-state index contributed by atoms with van der Waals surface area (Å²) in [5, 5.41) is 62.1. The fourth-order valence-corrected chi connectivity index (χ4v) is 2.55. The molecule has 0 aliphatic rings. The highest BCUT2D eigenvalue weighted by Crippen LogP contribution is 2.23. The molecule has 2 aromatic rings. The predicted molar refractivity (Wildman–Crippen MR) is 122 cm³/mol. The van der Waals surface area contributed by atoms with Crippen LogP contribution >= 0.6 is 0 Å². The van der Waals surface area contributed by atoms with Crippen molar-refractivity contribution >= 4 is 34.7 Å². The Hall–Kier alpha value is -5.10. The molecule has 0 spiro atoms. The van der Waals surface area contributed by atoms with E-state index in [2.05, 4.69) is 11.5 Å². The number of benzene rings is 2. The van der Waals surface area contributed by atoms with Crippen molar-refractivity contribution in [3.05, 3.63) is 88.0 Å². The highest BCUT2D eigenvalue weighted by molar-refractivity contribution is 5.88. The molecule has 0 amide bonds. The van der Waals surface area contributed by atoms with E-state index in [0.717, 1.165) is 13.1 Å². The Morgan fingerprint density at radius 1 is 0.526 bits per heavy atom. The minimum absolute atomic E-state index is 0.601. The first-order valence-electron chi connectivity index (χ1n) is 10.6. The van der Waals surface area contributed by atoms with Gasteiger partial charge in [-0.3, -0.25) is 40.5 Å². The Balaban J connectivity index is 0.000000569. The second-order valence-corrected chi connectivity index (χ2v) is 7.20. The van der Waals surface area contributed by atoms with E-state index >= 15 is 0 Å². The number of nitro benzene ring substituents is 4. The van der Waals surface area contributed by atoms with Crippen LogP contribution in [0.4, 0.5) is 22.7 Å². The van der Waals surface area contributed by atoms with Crippen molar-refractivity contribution in [3.63, 3.8) is 0 Å². The van der Waals surface area contributed by atoms with Gasteiger partial charge in [0, 0.05) is 35.4 Å². The molecular formula is C20H24N6O12. The number of hydrogen-bond donors (Lipinski definition) is 2. The van der Waals surface area contributed by atoms with Crippen molar-refractivity contribution < 1.29 is 51.0 Å². The summed E-state index contributed by atoms with van der Waals surface area (Å²) in [5.41, 5.74) is 3.68. The molecule has 0 radical (unpaired) electrons. The van der Waals surface area contributed by atoms with E-state index in [9.17, 15) is 60.3 Å². The van der Waals surface area contributed by atoms with E-state index in [1.165, 1.54) is 25.7 Å². The van der Waals surface area contributed by atoms with Gasteiger partial charge >= 0.3 is 0 Å². The summed E-state index contributed by atoms with van der Waals surface area (Å²) in [4.78, 5) is 58.4. The smallest absolute Gasteiger partial charge is 0.276 e. The lowest BCUT2D eigenvalue weighted by Gasteiger charge is -2.01. The fourth-order valence-electron chi connectivity index (χ4n) is 2.55. The molecule has 0 unspecified atom stereocenters. The third kappa shape index (κ3) is 12.0. The molecule has 0 aromatic heterocycles. The maximum Gasteiger partial charge on any atom is 0.276 e. The van der Waals surface area contributed by atoms with E-state index in [0.29, 0.717) is 36.4 Å². The van der Waals surface area contributed by atoms with Crippen LogP contribution in [0.5, 0.6) is 0 Å². The van der Waals surface area contributed by atoms with E-state index in [1.807, 2.05) is 0 Å². The summed E-state index contributed by atoms with van der Waals surface area (Å²) in [6, 6.07) is 4.13. The van der Waals surface area contributed by atoms with Gasteiger partial charge in [0.15, 0.2) is 0 Å². The summed E-state index contributed by atoms with van der Waals surface area (Å²) in [7, 11) is 0. The molecule has 0 fully saturated rings. The number of carbonyl (C=O) groups excluding carboxylic acids is 2. The second-order valence-electron chi connectivity index (χ2n) is 7.20. The normalized spacial score (nSPS) is 9.63. The van der Waals surface area contributed by atoms with E-state index in [4.69, 9.17) is 0 Å². The van der Waals surface area contributed by atoms with Gasteiger partial charge in [0.05, 0.1) is 56.9 Å². The molecule has 206 valence electrons. The number of nitro groups is 4. The topological polar surface area (TPSA) is 308 Å². The first-order chi connectivity index (χ1) is 17.7. The Bertz CT molecular complexity index is 938. The van der Waals surface area contributed by atoms with Crippen LogP contribution in [0.2, 0.25) is 0 Å². The molecule has 0 heterocycles. The molecule has 2 rings (SSSR count).